The number of fused-ring (bicyclic) bond motifs is 1. The number of methoxy groups -OCH3 is 1. The summed E-state index contributed by atoms with van der Waals surface area (Å²) in [5, 5.41) is 1.60. The SMILES string of the molecule is COc1ccc([C@@H]2[C@@H]3C(=O)N(c4ccccc4F)C(=O)[C@@H]3ON2c2ccccc2)cc1Br. The number of benzene rings is 3. The van der Waals surface area contributed by atoms with Gasteiger partial charge >= 0.3 is 0 Å². The number of para-hydroxylation sites is 2. The first-order valence-electron chi connectivity index (χ1n) is 9.98. The van der Waals surface area contributed by atoms with Crippen LogP contribution in [0.1, 0.15) is 11.6 Å². The highest BCUT2D eigenvalue weighted by molar-refractivity contribution is 9.10. The van der Waals surface area contributed by atoms with Gasteiger partial charge < -0.3 is 4.74 Å². The molecule has 2 heterocycles. The van der Waals surface area contributed by atoms with Gasteiger partial charge in [0.05, 0.1) is 29.0 Å². The zero-order chi connectivity index (χ0) is 22.4. The molecule has 0 unspecified atom stereocenters. The van der Waals surface area contributed by atoms with Crippen molar-refractivity contribution in [1.29, 1.82) is 0 Å². The van der Waals surface area contributed by atoms with Gasteiger partial charge in [-0.1, -0.05) is 36.4 Å². The van der Waals surface area contributed by atoms with E-state index in [1.165, 1.54) is 18.2 Å². The zero-order valence-corrected chi connectivity index (χ0v) is 18.5. The van der Waals surface area contributed by atoms with Gasteiger partial charge in [-0.2, -0.15) is 0 Å². The molecule has 5 rings (SSSR count). The minimum absolute atomic E-state index is 0.0681. The Kier molecular flexibility index (Phi) is 5.19. The molecule has 3 aromatic rings. The molecule has 2 amide bonds. The maximum atomic E-state index is 14.4. The molecule has 8 heteroatoms. The molecule has 0 aliphatic carbocycles. The Bertz CT molecular complexity index is 1210. The third kappa shape index (κ3) is 3.18. The van der Waals surface area contributed by atoms with Crippen molar-refractivity contribution >= 4 is 39.1 Å². The number of ether oxygens (including phenoxy) is 1. The number of amides is 2. The third-order valence-electron chi connectivity index (χ3n) is 5.74. The van der Waals surface area contributed by atoms with Gasteiger partial charge in [0, 0.05) is 0 Å². The lowest BCUT2D eigenvalue weighted by Crippen LogP contribution is -2.37. The molecular formula is C24H18BrFN2O4. The number of hydrogen-bond donors (Lipinski definition) is 0. The van der Waals surface area contributed by atoms with Crippen molar-refractivity contribution in [3.63, 3.8) is 0 Å². The highest BCUT2D eigenvalue weighted by Gasteiger charge is 2.60. The molecule has 0 saturated carbocycles. The van der Waals surface area contributed by atoms with Gasteiger partial charge in [-0.15, -0.1) is 0 Å². The fourth-order valence-corrected chi connectivity index (χ4v) is 4.85. The van der Waals surface area contributed by atoms with Crippen molar-refractivity contribution in [1.82, 2.24) is 0 Å². The van der Waals surface area contributed by atoms with Crippen molar-refractivity contribution < 1.29 is 23.6 Å². The molecule has 6 nitrogen and oxygen atoms in total. The van der Waals surface area contributed by atoms with Crippen molar-refractivity contribution in [2.24, 2.45) is 5.92 Å². The highest BCUT2D eigenvalue weighted by atomic mass is 79.9. The standard InChI is InChI=1S/C24H18BrFN2O4/c1-31-19-12-11-14(13-16(19)25)21-20-22(32-28(21)15-7-3-2-4-8-15)24(30)27(23(20)29)18-10-6-5-9-17(18)26/h2-13,20-22H,1H3/t20-,21+,22+/m0/s1. The van der Waals surface area contributed by atoms with E-state index in [2.05, 4.69) is 15.9 Å². The van der Waals surface area contributed by atoms with Crippen LogP contribution in [-0.2, 0) is 14.4 Å². The Balaban J connectivity index is 1.61. The number of imide groups is 1. The molecule has 2 saturated heterocycles. The van der Waals surface area contributed by atoms with Gasteiger partial charge in [-0.05, 0) is 57.9 Å². The highest BCUT2D eigenvalue weighted by Crippen LogP contribution is 2.48. The van der Waals surface area contributed by atoms with Crippen LogP contribution in [0.4, 0.5) is 15.8 Å². The van der Waals surface area contributed by atoms with Gasteiger partial charge in [-0.25, -0.2) is 14.4 Å². The van der Waals surface area contributed by atoms with Gasteiger partial charge in [0.25, 0.3) is 5.91 Å². The summed E-state index contributed by atoms with van der Waals surface area (Å²) in [5.74, 6) is -1.93. The number of hydroxylamine groups is 1. The summed E-state index contributed by atoms with van der Waals surface area (Å²) in [6, 6.07) is 19.9. The Morgan fingerprint density at radius 1 is 0.969 bits per heavy atom. The van der Waals surface area contributed by atoms with Gasteiger partial charge in [0.2, 0.25) is 5.91 Å². The minimum Gasteiger partial charge on any atom is -0.496 e. The van der Waals surface area contributed by atoms with Crippen LogP contribution in [0.25, 0.3) is 0 Å². The molecule has 2 fully saturated rings. The monoisotopic (exact) mass is 496 g/mol. The van der Waals surface area contributed by atoms with E-state index in [1.807, 2.05) is 42.5 Å². The van der Waals surface area contributed by atoms with Crippen LogP contribution in [0.15, 0.2) is 77.3 Å². The van der Waals surface area contributed by atoms with Crippen LogP contribution in [0.3, 0.4) is 0 Å². The molecule has 3 atom stereocenters. The molecular weight excluding hydrogens is 479 g/mol. The van der Waals surface area contributed by atoms with Crippen LogP contribution < -0.4 is 14.7 Å². The second-order valence-corrected chi connectivity index (χ2v) is 8.37. The van der Waals surface area contributed by atoms with Gasteiger partial charge in [0.15, 0.2) is 6.10 Å². The van der Waals surface area contributed by atoms with E-state index in [1.54, 1.807) is 24.3 Å². The zero-order valence-electron chi connectivity index (χ0n) is 16.9. The number of carbonyl (C=O) groups excluding carboxylic acids is 2. The quantitative estimate of drug-likeness (QED) is 0.492. The summed E-state index contributed by atoms with van der Waals surface area (Å²) < 4.78 is 20.5. The van der Waals surface area contributed by atoms with Gasteiger partial charge in [-0.3, -0.25) is 14.4 Å². The van der Waals surface area contributed by atoms with Crippen molar-refractivity contribution in [2.75, 3.05) is 17.1 Å². The first-order valence-corrected chi connectivity index (χ1v) is 10.8. The second-order valence-electron chi connectivity index (χ2n) is 7.52. The average molecular weight is 497 g/mol. The second kappa shape index (κ2) is 8.03. The van der Waals surface area contributed by atoms with E-state index in [4.69, 9.17) is 9.57 Å². The number of anilines is 2. The molecule has 162 valence electrons. The summed E-state index contributed by atoms with van der Waals surface area (Å²) in [6.45, 7) is 0. The predicted octanol–water partition coefficient (Wildman–Crippen LogP) is 4.65. The number of halogens is 2. The fraction of sp³-hybridized carbons (Fsp3) is 0.167. The molecule has 0 aromatic heterocycles. The first-order chi connectivity index (χ1) is 15.5. The fourth-order valence-electron chi connectivity index (χ4n) is 4.29. The van der Waals surface area contributed by atoms with Crippen LogP contribution in [0.2, 0.25) is 0 Å². The van der Waals surface area contributed by atoms with E-state index in [9.17, 15) is 14.0 Å². The lowest BCUT2D eigenvalue weighted by atomic mass is 9.90. The lowest BCUT2D eigenvalue weighted by molar-refractivity contribution is -0.126. The van der Waals surface area contributed by atoms with Crippen LogP contribution in [0, 0.1) is 11.7 Å². The molecule has 32 heavy (non-hydrogen) atoms. The molecule has 2 aliphatic heterocycles. The molecule has 0 spiro atoms. The normalized spacial score (nSPS) is 22.4. The van der Waals surface area contributed by atoms with E-state index >= 15 is 0 Å². The maximum Gasteiger partial charge on any atom is 0.266 e. The molecule has 3 aromatic carbocycles. The predicted molar refractivity (Wildman–Crippen MR) is 120 cm³/mol. The van der Waals surface area contributed by atoms with Crippen molar-refractivity contribution in [2.45, 2.75) is 12.1 Å². The number of hydrogen-bond acceptors (Lipinski definition) is 5. The summed E-state index contributed by atoms with van der Waals surface area (Å²) in [5.41, 5.74) is 1.39. The Labute approximate surface area is 192 Å². The third-order valence-corrected chi connectivity index (χ3v) is 6.36. The summed E-state index contributed by atoms with van der Waals surface area (Å²) in [7, 11) is 1.57. The van der Waals surface area contributed by atoms with Crippen LogP contribution in [-0.4, -0.2) is 25.0 Å². The van der Waals surface area contributed by atoms with E-state index in [-0.39, 0.29) is 5.69 Å². The smallest absolute Gasteiger partial charge is 0.266 e. The Morgan fingerprint density at radius 3 is 2.38 bits per heavy atom. The number of rotatable bonds is 4. The number of nitrogens with zero attached hydrogens (tertiary/aromatic N) is 2. The Hall–Kier alpha value is -3.23. The van der Waals surface area contributed by atoms with Crippen molar-refractivity contribution in [3.05, 3.63) is 88.6 Å². The summed E-state index contributed by atoms with van der Waals surface area (Å²) in [4.78, 5) is 33.7. The molecule has 0 radical (unpaired) electrons. The van der Waals surface area contributed by atoms with E-state index in [0.29, 0.717) is 15.9 Å². The molecule has 2 aliphatic rings. The van der Waals surface area contributed by atoms with E-state index in [0.717, 1.165) is 10.5 Å². The van der Waals surface area contributed by atoms with E-state index < -0.39 is 35.7 Å². The average Bonchev–Trinajstić information content (AvgIpc) is 3.31. The lowest BCUT2D eigenvalue weighted by Gasteiger charge is -2.29. The molecule has 0 N–H and O–H groups in total. The van der Waals surface area contributed by atoms with Crippen LogP contribution >= 0.6 is 15.9 Å². The van der Waals surface area contributed by atoms with Crippen LogP contribution in [0.5, 0.6) is 5.75 Å². The largest absolute Gasteiger partial charge is 0.496 e. The minimum atomic E-state index is -1.06. The van der Waals surface area contributed by atoms with Gasteiger partial charge in [0.1, 0.15) is 17.5 Å². The topological polar surface area (TPSA) is 59.1 Å². The summed E-state index contributed by atoms with van der Waals surface area (Å²) in [6.07, 6.45) is -1.06. The maximum absolute atomic E-state index is 14.4. The van der Waals surface area contributed by atoms with Crippen molar-refractivity contribution in [3.8, 4) is 5.75 Å². The molecule has 0 bridgehead atoms. The Morgan fingerprint density at radius 2 is 1.69 bits per heavy atom. The number of carbonyl (C=O) groups is 2. The summed E-state index contributed by atoms with van der Waals surface area (Å²) >= 11 is 3.49. The first kappa shape index (κ1) is 20.7.